The van der Waals surface area contributed by atoms with Crippen LogP contribution in [0.2, 0.25) is 0 Å². The van der Waals surface area contributed by atoms with Gasteiger partial charge in [-0.25, -0.2) is 0 Å². The monoisotopic (exact) mass is 297 g/mol. The molecule has 1 atom stereocenters. The van der Waals surface area contributed by atoms with Crippen LogP contribution in [0.5, 0.6) is 0 Å². The summed E-state index contributed by atoms with van der Waals surface area (Å²) in [5.74, 6) is -0.946. The standard InChI is InChI=1S/C15H15N5O2/c1-8-13(15(22)20-19-8)10(7-12(16)21)9-3-2-4-11-14(9)18-6-5-17-11/h2-6,10H,7H2,1H3,(H2,16,21)(H2,19,20,22)/t10-/m1/s1. The van der Waals surface area contributed by atoms with Crippen molar-refractivity contribution in [3.05, 3.63) is 57.8 Å². The van der Waals surface area contributed by atoms with E-state index in [0.29, 0.717) is 22.3 Å². The molecule has 1 aromatic carbocycles. The summed E-state index contributed by atoms with van der Waals surface area (Å²) in [7, 11) is 0. The number of hydrogen-bond donors (Lipinski definition) is 3. The second kappa shape index (κ2) is 5.44. The first kappa shape index (κ1) is 14.0. The van der Waals surface area contributed by atoms with Crippen molar-refractivity contribution in [1.29, 1.82) is 0 Å². The minimum atomic E-state index is -0.481. The molecule has 0 aliphatic heterocycles. The number of nitrogens with one attached hydrogen (secondary N) is 2. The second-order valence-corrected chi connectivity index (χ2v) is 5.11. The van der Waals surface area contributed by atoms with Gasteiger partial charge in [0.25, 0.3) is 5.56 Å². The van der Waals surface area contributed by atoms with Gasteiger partial charge >= 0.3 is 0 Å². The van der Waals surface area contributed by atoms with Gasteiger partial charge in [0, 0.05) is 36.0 Å². The summed E-state index contributed by atoms with van der Waals surface area (Å²) < 4.78 is 0. The molecule has 2 heterocycles. The number of para-hydroxylation sites is 1. The molecule has 0 aliphatic rings. The number of aromatic nitrogens is 4. The van der Waals surface area contributed by atoms with Crippen molar-refractivity contribution < 1.29 is 4.79 Å². The summed E-state index contributed by atoms with van der Waals surface area (Å²) in [6, 6.07) is 5.51. The van der Waals surface area contributed by atoms with Crippen LogP contribution in [0.15, 0.2) is 35.4 Å². The summed E-state index contributed by atoms with van der Waals surface area (Å²) in [6.07, 6.45) is 3.21. The van der Waals surface area contributed by atoms with Crippen molar-refractivity contribution in [2.45, 2.75) is 19.3 Å². The SMILES string of the molecule is Cc1[nH][nH]c(=O)c1[C@H](CC(N)=O)c1cccc2nccnc12. The van der Waals surface area contributed by atoms with Crippen LogP contribution in [0, 0.1) is 6.92 Å². The van der Waals surface area contributed by atoms with Gasteiger partial charge in [-0.2, -0.15) is 0 Å². The number of hydrogen-bond acceptors (Lipinski definition) is 4. The highest BCUT2D eigenvalue weighted by molar-refractivity contribution is 5.81. The summed E-state index contributed by atoms with van der Waals surface area (Å²) >= 11 is 0. The molecule has 3 aromatic rings. The van der Waals surface area contributed by atoms with E-state index in [1.165, 1.54) is 0 Å². The normalized spacial score (nSPS) is 12.4. The molecule has 22 heavy (non-hydrogen) atoms. The van der Waals surface area contributed by atoms with Crippen molar-refractivity contribution in [2.75, 3.05) is 0 Å². The quantitative estimate of drug-likeness (QED) is 0.664. The van der Waals surface area contributed by atoms with E-state index in [0.717, 1.165) is 5.56 Å². The van der Waals surface area contributed by atoms with Gasteiger partial charge in [-0.15, -0.1) is 0 Å². The first-order valence-corrected chi connectivity index (χ1v) is 6.83. The molecule has 1 amide bonds. The molecule has 0 radical (unpaired) electrons. The maximum atomic E-state index is 12.1. The van der Waals surface area contributed by atoms with Crippen molar-refractivity contribution in [1.82, 2.24) is 20.2 Å². The number of carbonyl (C=O) groups is 1. The number of aromatic amines is 2. The van der Waals surface area contributed by atoms with Crippen molar-refractivity contribution >= 4 is 16.9 Å². The molecule has 7 nitrogen and oxygen atoms in total. The molecular weight excluding hydrogens is 282 g/mol. The molecule has 0 fully saturated rings. The molecule has 0 spiro atoms. The molecule has 0 saturated carbocycles. The van der Waals surface area contributed by atoms with Crippen LogP contribution in [-0.4, -0.2) is 26.1 Å². The lowest BCUT2D eigenvalue weighted by Crippen LogP contribution is -2.21. The van der Waals surface area contributed by atoms with E-state index >= 15 is 0 Å². The second-order valence-electron chi connectivity index (χ2n) is 5.11. The largest absolute Gasteiger partial charge is 0.370 e. The highest BCUT2D eigenvalue weighted by Gasteiger charge is 2.25. The van der Waals surface area contributed by atoms with E-state index in [1.54, 1.807) is 19.3 Å². The van der Waals surface area contributed by atoms with E-state index in [1.807, 2.05) is 18.2 Å². The Morgan fingerprint density at radius 3 is 2.73 bits per heavy atom. The van der Waals surface area contributed by atoms with Crippen LogP contribution in [0.1, 0.15) is 29.2 Å². The lowest BCUT2D eigenvalue weighted by atomic mass is 9.87. The number of carbonyl (C=O) groups excluding carboxylic acids is 1. The summed E-state index contributed by atoms with van der Waals surface area (Å²) in [6.45, 7) is 1.78. The molecule has 0 unspecified atom stereocenters. The fourth-order valence-corrected chi connectivity index (χ4v) is 2.74. The highest BCUT2D eigenvalue weighted by atomic mass is 16.1. The molecule has 0 bridgehead atoms. The highest BCUT2D eigenvalue weighted by Crippen LogP contribution is 2.31. The number of primary amides is 1. The molecule has 0 saturated heterocycles. The Labute approximate surface area is 125 Å². The van der Waals surface area contributed by atoms with Gasteiger partial charge in [-0.05, 0) is 18.6 Å². The maximum Gasteiger partial charge on any atom is 0.267 e. The van der Waals surface area contributed by atoms with Crippen molar-refractivity contribution in [2.24, 2.45) is 5.73 Å². The van der Waals surface area contributed by atoms with E-state index in [2.05, 4.69) is 20.2 Å². The molecule has 2 aromatic heterocycles. The lowest BCUT2D eigenvalue weighted by Gasteiger charge is -2.16. The summed E-state index contributed by atoms with van der Waals surface area (Å²) in [4.78, 5) is 32.2. The number of benzene rings is 1. The first-order valence-electron chi connectivity index (χ1n) is 6.83. The molecule has 3 rings (SSSR count). The lowest BCUT2D eigenvalue weighted by molar-refractivity contribution is -0.118. The zero-order valence-corrected chi connectivity index (χ0v) is 12.0. The van der Waals surface area contributed by atoms with Gasteiger partial charge < -0.3 is 10.8 Å². The van der Waals surface area contributed by atoms with E-state index in [-0.39, 0.29) is 12.0 Å². The first-order chi connectivity index (χ1) is 10.6. The molecule has 112 valence electrons. The smallest absolute Gasteiger partial charge is 0.267 e. The number of amides is 1. The van der Waals surface area contributed by atoms with Crippen LogP contribution >= 0.6 is 0 Å². The molecule has 7 heteroatoms. The van der Waals surface area contributed by atoms with Gasteiger partial charge in [0.2, 0.25) is 5.91 Å². The zero-order valence-electron chi connectivity index (χ0n) is 12.0. The Morgan fingerprint density at radius 1 is 1.27 bits per heavy atom. The average Bonchev–Trinajstić information content (AvgIpc) is 2.83. The Hall–Kier alpha value is -2.96. The van der Waals surface area contributed by atoms with Crippen molar-refractivity contribution in [3.63, 3.8) is 0 Å². The van der Waals surface area contributed by atoms with Gasteiger partial charge in [-0.3, -0.25) is 24.7 Å². The van der Waals surface area contributed by atoms with Gasteiger partial charge in [0.05, 0.1) is 11.0 Å². The summed E-state index contributed by atoms with van der Waals surface area (Å²) in [5.41, 5.74) is 8.43. The van der Waals surface area contributed by atoms with Crippen molar-refractivity contribution in [3.8, 4) is 0 Å². The third-order valence-corrected chi connectivity index (χ3v) is 3.67. The van der Waals surface area contributed by atoms with Crippen LogP contribution in [0.25, 0.3) is 11.0 Å². The van der Waals surface area contributed by atoms with Crippen LogP contribution < -0.4 is 11.3 Å². The fourth-order valence-electron chi connectivity index (χ4n) is 2.74. The van der Waals surface area contributed by atoms with Gasteiger partial charge in [0.1, 0.15) is 0 Å². The third-order valence-electron chi connectivity index (χ3n) is 3.67. The molecule has 4 N–H and O–H groups in total. The minimum absolute atomic E-state index is 0.0253. The van der Waals surface area contributed by atoms with Crippen LogP contribution in [0.4, 0.5) is 0 Å². The average molecular weight is 297 g/mol. The number of fused-ring (bicyclic) bond motifs is 1. The Balaban J connectivity index is 2.25. The van der Waals surface area contributed by atoms with E-state index < -0.39 is 11.8 Å². The van der Waals surface area contributed by atoms with E-state index in [9.17, 15) is 9.59 Å². The Kier molecular flexibility index (Phi) is 3.46. The van der Waals surface area contributed by atoms with E-state index in [4.69, 9.17) is 5.73 Å². The topological polar surface area (TPSA) is 118 Å². The number of nitrogens with zero attached hydrogens (tertiary/aromatic N) is 2. The van der Waals surface area contributed by atoms with Crippen LogP contribution in [0.3, 0.4) is 0 Å². The van der Waals surface area contributed by atoms with Gasteiger partial charge in [-0.1, -0.05) is 12.1 Å². The minimum Gasteiger partial charge on any atom is -0.370 e. The number of H-pyrrole nitrogens is 2. The summed E-state index contributed by atoms with van der Waals surface area (Å²) in [5, 5.41) is 5.32. The number of aryl methyl sites for hydroxylation is 1. The maximum absolute atomic E-state index is 12.1. The molecule has 0 aliphatic carbocycles. The predicted molar refractivity (Wildman–Crippen MR) is 81.3 cm³/mol. The third kappa shape index (κ3) is 2.37. The predicted octanol–water partition coefficient (Wildman–Crippen LogP) is 0.962. The fraction of sp³-hybridized carbons (Fsp3) is 0.200. The Morgan fingerprint density at radius 2 is 2.05 bits per heavy atom. The van der Waals surface area contributed by atoms with Gasteiger partial charge in [0.15, 0.2) is 0 Å². The molecular formula is C15H15N5O2. The van der Waals surface area contributed by atoms with Crippen LogP contribution in [-0.2, 0) is 4.79 Å². The number of rotatable bonds is 4. The zero-order chi connectivity index (χ0) is 15.7. The Bertz CT molecular complexity index is 891. The number of nitrogens with two attached hydrogens (primary N) is 1.